The van der Waals surface area contributed by atoms with Gasteiger partial charge >= 0.3 is 0 Å². The normalized spacial score (nSPS) is 8.42. The first-order valence-corrected chi connectivity index (χ1v) is 5.26. The zero-order valence-electron chi connectivity index (χ0n) is 6.77. The molecular weight excluding hydrogens is 277 g/mol. The van der Waals surface area contributed by atoms with E-state index >= 15 is 0 Å². The third-order valence-electron chi connectivity index (χ3n) is 1.13. The van der Waals surface area contributed by atoms with Gasteiger partial charge in [0.05, 0.1) is 7.11 Å². The van der Waals surface area contributed by atoms with Crippen molar-refractivity contribution in [3.63, 3.8) is 0 Å². The minimum atomic E-state index is -0.889. The van der Waals surface area contributed by atoms with Crippen LogP contribution in [0, 0.1) is 11.6 Å². The Morgan fingerprint density at radius 3 is 2.17 bits per heavy atom. The maximum atomic E-state index is 12.3. The Balaban J connectivity index is 0.000000561. The standard InChI is InChI=1S/C7H6F2O.CH3I/c1-10-5-2-3-6(8)7(9)4-5;1-2/h2-4H,1H3;1H3. The Hall–Kier alpha value is -0.390. The van der Waals surface area contributed by atoms with Gasteiger partial charge in [-0.25, -0.2) is 8.78 Å². The molecule has 68 valence electrons. The molecule has 4 heteroatoms. The molecule has 0 unspecified atom stereocenters. The SMILES string of the molecule is CI.COc1ccc(F)c(F)c1. The predicted molar refractivity (Wildman–Crippen MR) is 52.9 cm³/mol. The molecule has 0 atom stereocenters. The van der Waals surface area contributed by atoms with E-state index in [1.54, 1.807) is 0 Å². The maximum absolute atomic E-state index is 12.3. The van der Waals surface area contributed by atoms with Crippen molar-refractivity contribution in [1.29, 1.82) is 0 Å². The van der Waals surface area contributed by atoms with Crippen LogP contribution >= 0.6 is 22.6 Å². The van der Waals surface area contributed by atoms with Gasteiger partial charge in [0.15, 0.2) is 11.6 Å². The summed E-state index contributed by atoms with van der Waals surface area (Å²) in [6, 6.07) is 3.38. The summed E-state index contributed by atoms with van der Waals surface area (Å²) in [6.07, 6.45) is 0. The van der Waals surface area contributed by atoms with Crippen LogP contribution in [0.5, 0.6) is 5.75 Å². The van der Waals surface area contributed by atoms with Gasteiger partial charge in [-0.05, 0) is 17.1 Å². The van der Waals surface area contributed by atoms with E-state index in [0.29, 0.717) is 5.75 Å². The third-order valence-corrected chi connectivity index (χ3v) is 1.13. The Kier molecular flexibility index (Phi) is 5.96. The highest BCUT2D eigenvalue weighted by atomic mass is 127. The molecule has 0 bridgehead atoms. The van der Waals surface area contributed by atoms with Crippen molar-refractivity contribution in [2.45, 2.75) is 0 Å². The molecule has 0 aliphatic rings. The fourth-order valence-electron chi connectivity index (χ4n) is 0.604. The van der Waals surface area contributed by atoms with Crippen LogP contribution in [-0.2, 0) is 0 Å². The van der Waals surface area contributed by atoms with E-state index in [-0.39, 0.29) is 0 Å². The van der Waals surface area contributed by atoms with E-state index in [9.17, 15) is 8.78 Å². The number of benzene rings is 1. The van der Waals surface area contributed by atoms with Gasteiger partial charge in [0, 0.05) is 6.07 Å². The van der Waals surface area contributed by atoms with Crippen molar-refractivity contribution >= 4 is 22.6 Å². The first-order valence-electron chi connectivity index (χ1n) is 3.11. The largest absolute Gasteiger partial charge is 0.497 e. The van der Waals surface area contributed by atoms with Crippen molar-refractivity contribution < 1.29 is 13.5 Å². The number of ether oxygens (including phenoxy) is 1. The molecule has 0 amide bonds. The van der Waals surface area contributed by atoms with E-state index in [2.05, 4.69) is 27.3 Å². The molecule has 1 aromatic rings. The average molecular weight is 286 g/mol. The summed E-state index contributed by atoms with van der Waals surface area (Å²) in [4.78, 5) is 1.97. The first kappa shape index (κ1) is 11.6. The highest BCUT2D eigenvalue weighted by molar-refractivity contribution is 14.1. The minimum absolute atomic E-state index is 0.318. The molecule has 12 heavy (non-hydrogen) atoms. The zero-order valence-corrected chi connectivity index (χ0v) is 8.93. The summed E-state index contributed by atoms with van der Waals surface area (Å²) in [6.45, 7) is 0. The van der Waals surface area contributed by atoms with Crippen LogP contribution in [0.15, 0.2) is 18.2 Å². The molecule has 0 aromatic heterocycles. The van der Waals surface area contributed by atoms with E-state index in [1.165, 1.54) is 13.2 Å². The lowest BCUT2D eigenvalue weighted by atomic mass is 10.3. The van der Waals surface area contributed by atoms with Crippen molar-refractivity contribution in [3.05, 3.63) is 29.8 Å². The molecule has 0 aliphatic heterocycles. The van der Waals surface area contributed by atoms with E-state index in [1.807, 2.05) is 4.93 Å². The summed E-state index contributed by atoms with van der Waals surface area (Å²) in [5.74, 6) is -1.43. The predicted octanol–water partition coefficient (Wildman–Crippen LogP) is 3.02. The Bertz CT molecular complexity index is 240. The van der Waals surface area contributed by atoms with Crippen LogP contribution in [-0.4, -0.2) is 12.0 Å². The second kappa shape index (κ2) is 6.16. The molecule has 0 saturated heterocycles. The summed E-state index contributed by atoms with van der Waals surface area (Å²) in [7, 11) is 1.40. The van der Waals surface area contributed by atoms with Crippen molar-refractivity contribution in [1.82, 2.24) is 0 Å². The Labute approximate surface area is 83.9 Å². The van der Waals surface area contributed by atoms with E-state index in [0.717, 1.165) is 12.1 Å². The maximum Gasteiger partial charge on any atom is 0.162 e. The summed E-state index contributed by atoms with van der Waals surface area (Å²) >= 11 is 2.15. The Morgan fingerprint density at radius 2 is 1.75 bits per heavy atom. The van der Waals surface area contributed by atoms with Crippen LogP contribution < -0.4 is 4.74 Å². The second-order valence-corrected chi connectivity index (χ2v) is 1.78. The van der Waals surface area contributed by atoms with Gasteiger partial charge in [0.25, 0.3) is 0 Å². The lowest BCUT2D eigenvalue weighted by Crippen LogP contribution is -1.86. The summed E-state index contributed by atoms with van der Waals surface area (Å²) in [5.41, 5.74) is 0. The number of hydrogen-bond acceptors (Lipinski definition) is 1. The molecule has 0 aliphatic carbocycles. The van der Waals surface area contributed by atoms with Crippen LogP contribution in [0.1, 0.15) is 0 Å². The number of hydrogen-bond donors (Lipinski definition) is 0. The van der Waals surface area contributed by atoms with Gasteiger partial charge < -0.3 is 4.74 Å². The van der Waals surface area contributed by atoms with Gasteiger partial charge in [-0.3, -0.25) is 0 Å². The highest BCUT2D eigenvalue weighted by Gasteiger charge is 2.00. The first-order chi connectivity index (χ1) is 5.74. The van der Waals surface area contributed by atoms with Gasteiger partial charge in [-0.1, -0.05) is 22.6 Å². The molecule has 1 rings (SSSR count). The quantitative estimate of drug-likeness (QED) is 0.569. The Morgan fingerprint density at radius 1 is 1.17 bits per heavy atom. The lowest BCUT2D eigenvalue weighted by molar-refractivity contribution is 0.406. The van der Waals surface area contributed by atoms with Crippen LogP contribution in [0.2, 0.25) is 0 Å². The number of halogens is 3. The van der Waals surface area contributed by atoms with E-state index in [4.69, 9.17) is 0 Å². The van der Waals surface area contributed by atoms with Crippen molar-refractivity contribution in [2.24, 2.45) is 0 Å². The van der Waals surface area contributed by atoms with Crippen LogP contribution in [0.25, 0.3) is 0 Å². The smallest absolute Gasteiger partial charge is 0.162 e. The zero-order chi connectivity index (χ0) is 9.56. The second-order valence-electron chi connectivity index (χ2n) is 1.78. The van der Waals surface area contributed by atoms with Gasteiger partial charge in [-0.2, -0.15) is 0 Å². The molecular formula is C8H9F2IO. The van der Waals surface area contributed by atoms with E-state index < -0.39 is 11.6 Å². The fourth-order valence-corrected chi connectivity index (χ4v) is 0.604. The number of rotatable bonds is 1. The molecule has 0 saturated carbocycles. The topological polar surface area (TPSA) is 9.23 Å². The molecule has 0 fully saturated rings. The molecule has 0 spiro atoms. The van der Waals surface area contributed by atoms with Crippen molar-refractivity contribution in [2.75, 3.05) is 12.0 Å². The molecule has 1 aromatic carbocycles. The fraction of sp³-hybridized carbons (Fsp3) is 0.250. The molecule has 0 N–H and O–H groups in total. The lowest BCUT2D eigenvalue weighted by Gasteiger charge is -1.97. The van der Waals surface area contributed by atoms with Gasteiger partial charge in [-0.15, -0.1) is 0 Å². The molecule has 1 nitrogen and oxygen atoms in total. The van der Waals surface area contributed by atoms with Gasteiger partial charge in [0.1, 0.15) is 5.75 Å². The van der Waals surface area contributed by atoms with Crippen molar-refractivity contribution in [3.8, 4) is 5.75 Å². The van der Waals surface area contributed by atoms with Crippen LogP contribution in [0.3, 0.4) is 0 Å². The third kappa shape index (κ3) is 3.34. The average Bonchev–Trinajstić information content (AvgIpc) is 2.13. The monoisotopic (exact) mass is 286 g/mol. The summed E-state index contributed by atoms with van der Waals surface area (Å²) < 4.78 is 29.2. The molecule has 0 radical (unpaired) electrons. The van der Waals surface area contributed by atoms with Crippen LogP contribution in [0.4, 0.5) is 8.78 Å². The number of alkyl halides is 1. The highest BCUT2D eigenvalue weighted by Crippen LogP contribution is 2.13. The van der Waals surface area contributed by atoms with Gasteiger partial charge in [0.2, 0.25) is 0 Å². The summed E-state index contributed by atoms with van der Waals surface area (Å²) in [5, 5.41) is 0. The molecule has 0 heterocycles. The number of methoxy groups -OCH3 is 1. The minimum Gasteiger partial charge on any atom is -0.497 e.